The first-order valence-electron chi connectivity index (χ1n) is 20.8. The van der Waals surface area contributed by atoms with E-state index in [9.17, 15) is 44.1 Å². The number of aliphatic carboxylic acids is 1. The van der Waals surface area contributed by atoms with Crippen molar-refractivity contribution in [3.63, 3.8) is 0 Å². The number of anilines is 1. The third kappa shape index (κ3) is 8.21. The number of amides is 2. The lowest BCUT2D eigenvalue weighted by Crippen LogP contribution is -2.63. The summed E-state index contributed by atoms with van der Waals surface area (Å²) in [4.78, 5) is 74.6. The summed E-state index contributed by atoms with van der Waals surface area (Å²) in [7, 11) is 0. The molecule has 4 aliphatic carbocycles. The number of Topliss-reactive ketones (excluding diaryl/α,β-unsaturated/α-hetero) is 2. The fourth-order valence-electron chi connectivity index (χ4n) is 11.2. The van der Waals surface area contributed by atoms with Crippen molar-refractivity contribution >= 4 is 56.8 Å². The Bertz CT molecular complexity index is 2100. The summed E-state index contributed by atoms with van der Waals surface area (Å²) in [5.74, 6) is -3.31. The van der Waals surface area contributed by atoms with Crippen molar-refractivity contribution in [3.8, 4) is 0 Å². The van der Waals surface area contributed by atoms with Crippen LogP contribution < -0.4 is 10.6 Å². The normalized spacial score (nSPS) is 31.8. The van der Waals surface area contributed by atoms with Gasteiger partial charge in [0.15, 0.2) is 29.2 Å². The number of hydrogen-bond acceptors (Lipinski definition) is 10. The average molecular weight is 890 g/mol. The minimum atomic E-state index is -1.45. The summed E-state index contributed by atoms with van der Waals surface area (Å²) in [6.45, 7) is 3.23. The first-order chi connectivity index (χ1) is 28.6. The Labute approximate surface area is 357 Å². The number of carboxylic acids is 1. The zero-order chi connectivity index (χ0) is 43.0. The Morgan fingerprint density at radius 3 is 2.48 bits per heavy atom. The lowest BCUT2D eigenvalue weighted by atomic mass is 9.46. The molecule has 1 saturated heterocycles. The summed E-state index contributed by atoms with van der Waals surface area (Å²) < 4.78 is 13.4. The van der Waals surface area contributed by atoms with Crippen LogP contribution in [0.1, 0.15) is 88.2 Å². The molecule has 3 saturated carbocycles. The largest absolute Gasteiger partial charge is 0.481 e. The topological polar surface area (TPSA) is 206 Å². The summed E-state index contributed by atoms with van der Waals surface area (Å²) in [6.07, 6.45) is 5.86. The van der Waals surface area contributed by atoms with E-state index in [2.05, 4.69) is 33.5 Å². The third-order valence-electron chi connectivity index (χ3n) is 14.1. The molecule has 2 aromatic rings. The smallest absolute Gasteiger partial charge is 0.303 e. The van der Waals surface area contributed by atoms with Gasteiger partial charge in [-0.3, -0.25) is 28.8 Å². The van der Waals surface area contributed by atoms with E-state index in [-0.39, 0.29) is 72.8 Å². The van der Waals surface area contributed by atoms with Gasteiger partial charge in [-0.15, -0.1) is 0 Å². The van der Waals surface area contributed by atoms with Gasteiger partial charge in [0.05, 0.1) is 24.1 Å². The second-order valence-corrected chi connectivity index (χ2v) is 18.1. The number of allylic oxidation sites excluding steroid dienone is 4. The van der Waals surface area contributed by atoms with Crippen LogP contribution in [0.4, 0.5) is 5.69 Å². The van der Waals surface area contributed by atoms with Crippen molar-refractivity contribution in [2.24, 2.45) is 34.5 Å². The number of hydrogen-bond donors (Lipinski definition) is 5. The summed E-state index contributed by atoms with van der Waals surface area (Å²) in [6, 6.07) is 15.0. The van der Waals surface area contributed by atoms with Crippen molar-refractivity contribution in [1.82, 2.24) is 5.32 Å². The molecule has 1 aliphatic heterocycles. The van der Waals surface area contributed by atoms with E-state index >= 15 is 0 Å². The van der Waals surface area contributed by atoms with E-state index in [0.29, 0.717) is 30.5 Å². The highest BCUT2D eigenvalue weighted by atomic mass is 79.9. The number of halogens is 1. The van der Waals surface area contributed by atoms with Gasteiger partial charge in [0, 0.05) is 46.8 Å². The molecular formula is C46H53BrN2O11. The Kier molecular flexibility index (Phi) is 12.8. The van der Waals surface area contributed by atoms with Crippen molar-refractivity contribution in [2.45, 2.75) is 95.7 Å². The minimum Gasteiger partial charge on any atom is -0.481 e. The van der Waals surface area contributed by atoms with Crippen LogP contribution in [0.5, 0.6) is 0 Å². The molecule has 60 heavy (non-hydrogen) atoms. The van der Waals surface area contributed by atoms with Gasteiger partial charge in [-0.25, -0.2) is 0 Å². The number of ketones is 3. The predicted molar refractivity (Wildman–Crippen MR) is 223 cm³/mol. The minimum absolute atomic E-state index is 0.0102. The van der Waals surface area contributed by atoms with Crippen LogP contribution in [0.25, 0.3) is 0 Å². The van der Waals surface area contributed by atoms with E-state index in [1.54, 1.807) is 18.2 Å². The van der Waals surface area contributed by atoms with Crippen molar-refractivity contribution < 1.29 is 53.6 Å². The lowest BCUT2D eigenvalue weighted by molar-refractivity contribution is -0.201. The SMILES string of the molecule is C[C@]12C=CC(=O)C=C1CC[C@@H]1[C@@H]2[C@@H](O)C[C@@]2(C)[C@H]1C[C@H]1O[C@@H](c3ccc(Cc4cccc(NC(=O)[C@H](CCC(=O)O)CCC(=O)CNC(=O)CBr)c4)cc3)O[C@]12C(=O)CO. The monoisotopic (exact) mass is 888 g/mol. The van der Waals surface area contributed by atoms with Crippen LogP contribution in [-0.4, -0.2) is 86.7 Å². The van der Waals surface area contributed by atoms with E-state index in [1.807, 2.05) is 55.5 Å². The predicted octanol–water partition coefficient (Wildman–Crippen LogP) is 5.16. The third-order valence-corrected chi connectivity index (χ3v) is 14.6. The Hall–Kier alpha value is -4.34. The van der Waals surface area contributed by atoms with E-state index in [1.165, 1.54) is 0 Å². The molecule has 13 nitrogen and oxygen atoms in total. The van der Waals surface area contributed by atoms with E-state index in [0.717, 1.165) is 29.5 Å². The molecule has 5 N–H and O–H groups in total. The molecule has 14 heteroatoms. The first kappa shape index (κ1) is 43.7. The van der Waals surface area contributed by atoms with Gasteiger partial charge >= 0.3 is 5.97 Å². The number of carbonyl (C=O) groups excluding carboxylic acids is 5. The number of aliphatic hydroxyl groups excluding tert-OH is 2. The van der Waals surface area contributed by atoms with Gasteiger partial charge in [0.1, 0.15) is 6.61 Å². The molecule has 320 valence electrons. The second kappa shape index (κ2) is 17.6. The van der Waals surface area contributed by atoms with Crippen LogP contribution >= 0.6 is 15.9 Å². The maximum atomic E-state index is 13.9. The first-order valence-corrected chi connectivity index (χ1v) is 21.9. The number of ether oxygens (including phenoxy) is 2. The van der Waals surface area contributed by atoms with Crippen molar-refractivity contribution in [3.05, 3.63) is 89.0 Å². The number of carboxylic acid groups (broad SMARTS) is 1. The lowest BCUT2D eigenvalue weighted by Gasteiger charge is -2.59. The van der Waals surface area contributed by atoms with Gasteiger partial charge in [-0.1, -0.05) is 77.8 Å². The Morgan fingerprint density at radius 2 is 1.77 bits per heavy atom. The molecule has 2 amide bonds. The van der Waals surface area contributed by atoms with Crippen LogP contribution in [0.2, 0.25) is 0 Å². The summed E-state index contributed by atoms with van der Waals surface area (Å²) in [5, 5.41) is 37.0. The second-order valence-electron chi connectivity index (χ2n) is 17.6. The average Bonchev–Trinajstić information content (AvgIpc) is 3.72. The zero-order valence-electron chi connectivity index (χ0n) is 33.9. The number of carbonyl (C=O) groups is 6. The molecule has 2 aromatic carbocycles. The highest BCUT2D eigenvalue weighted by molar-refractivity contribution is 9.09. The fourth-order valence-corrected chi connectivity index (χ4v) is 11.4. The van der Waals surface area contributed by atoms with Gasteiger partial charge < -0.3 is 35.4 Å². The Morgan fingerprint density at radius 1 is 1.02 bits per heavy atom. The van der Waals surface area contributed by atoms with E-state index < -0.39 is 65.1 Å². The standard InChI is InChI=1S/C46H53BrN2O11/c1-44-17-16-32(51)20-30(44)12-14-34-35-21-38-46(37(54)25-50,45(35,2)22-36(53)41(34)44)60-43(59-38)29-8-6-26(7-9-29)18-27-4-3-5-31(19-27)49-42(58)28(11-15-40(56)57)10-13-33(52)24-48-39(55)23-47/h3-9,16-17,19-20,28,34-36,38,41,43,50,53H,10-15,18,21-25H2,1-2H3,(H,48,55)(H,49,58)(H,56,57)/t28-,34-,35-,36-,38+,41+,43+,44-,45-,46+/m0/s1. The van der Waals surface area contributed by atoms with Gasteiger partial charge in [0.2, 0.25) is 11.8 Å². The summed E-state index contributed by atoms with van der Waals surface area (Å²) >= 11 is 3.02. The number of fused-ring (bicyclic) bond motifs is 7. The molecule has 0 unspecified atom stereocenters. The van der Waals surface area contributed by atoms with Gasteiger partial charge in [-0.2, -0.15) is 0 Å². The van der Waals surface area contributed by atoms with Crippen LogP contribution in [0.15, 0.2) is 72.3 Å². The highest BCUT2D eigenvalue weighted by Crippen LogP contribution is 2.70. The van der Waals surface area contributed by atoms with Gasteiger partial charge in [0.25, 0.3) is 0 Å². The maximum absolute atomic E-state index is 13.9. The zero-order valence-corrected chi connectivity index (χ0v) is 35.4. The van der Waals surface area contributed by atoms with Crippen LogP contribution in [0, 0.1) is 34.5 Å². The molecule has 1 heterocycles. The molecule has 0 aromatic heterocycles. The number of rotatable bonds is 16. The van der Waals surface area contributed by atoms with E-state index in [4.69, 9.17) is 9.47 Å². The number of benzene rings is 2. The van der Waals surface area contributed by atoms with Crippen molar-refractivity contribution in [2.75, 3.05) is 23.8 Å². The number of alkyl halides is 1. The Balaban J connectivity index is 1.01. The molecule has 0 spiro atoms. The van der Waals surface area contributed by atoms with Crippen LogP contribution in [0.3, 0.4) is 0 Å². The highest BCUT2D eigenvalue weighted by Gasteiger charge is 2.75. The molecular weight excluding hydrogens is 836 g/mol. The molecule has 10 atom stereocenters. The maximum Gasteiger partial charge on any atom is 0.303 e. The summed E-state index contributed by atoms with van der Waals surface area (Å²) in [5.41, 5.74) is 1.42. The van der Waals surface area contributed by atoms with Crippen LogP contribution in [-0.2, 0) is 44.7 Å². The molecule has 4 fully saturated rings. The number of aliphatic hydroxyl groups is 2. The van der Waals surface area contributed by atoms with Gasteiger partial charge in [-0.05, 0) is 92.2 Å². The quantitative estimate of drug-likeness (QED) is 0.139. The molecule has 0 radical (unpaired) electrons. The molecule has 0 bridgehead atoms. The fraction of sp³-hybridized carbons (Fsp3) is 0.522. The molecule has 5 aliphatic rings. The van der Waals surface area contributed by atoms with Crippen molar-refractivity contribution in [1.29, 1.82) is 0 Å². The number of nitrogens with one attached hydrogen (secondary N) is 2. The molecule has 7 rings (SSSR count).